The van der Waals surface area contributed by atoms with Gasteiger partial charge in [-0.25, -0.2) is 9.59 Å². The summed E-state index contributed by atoms with van der Waals surface area (Å²) in [5.41, 5.74) is 0.286. The molecule has 1 N–H and O–H groups in total. The number of carbonyl (C=O) groups excluding carboxylic acids is 2. The topological polar surface area (TPSA) is 64.6 Å². The van der Waals surface area contributed by atoms with Crippen molar-refractivity contribution in [3.05, 3.63) is 34.3 Å². The normalized spacial score (nSPS) is 12.4. The first-order chi connectivity index (χ1) is 11.2. The number of hydrogen-bond acceptors (Lipinski definition) is 4. The molecule has 1 amide bonds. The molecule has 134 valence electrons. The fourth-order valence-electron chi connectivity index (χ4n) is 1.96. The molecule has 6 heteroatoms. The second-order valence-corrected chi connectivity index (χ2v) is 7.47. The molecule has 0 aliphatic heterocycles. The molecule has 0 spiro atoms. The van der Waals surface area contributed by atoms with Gasteiger partial charge in [-0.3, -0.25) is 0 Å². The van der Waals surface area contributed by atoms with Crippen molar-refractivity contribution < 1.29 is 19.1 Å². The molecule has 0 saturated heterocycles. The van der Waals surface area contributed by atoms with Crippen LogP contribution in [0.3, 0.4) is 0 Å². The van der Waals surface area contributed by atoms with Gasteiger partial charge in [0.25, 0.3) is 0 Å². The lowest BCUT2D eigenvalue weighted by atomic mass is 10.1. The summed E-state index contributed by atoms with van der Waals surface area (Å²) in [5, 5.41) is 2.62. The van der Waals surface area contributed by atoms with E-state index in [9.17, 15) is 9.59 Å². The number of rotatable bonds is 7. The molecule has 0 fully saturated rings. The van der Waals surface area contributed by atoms with Crippen LogP contribution in [0.15, 0.2) is 28.7 Å². The number of alkyl carbamates (subject to hydrolysis) is 1. The minimum absolute atomic E-state index is 0.337. The van der Waals surface area contributed by atoms with Crippen molar-refractivity contribution in [1.29, 1.82) is 0 Å². The van der Waals surface area contributed by atoms with Gasteiger partial charge >= 0.3 is 12.1 Å². The molecule has 0 bridgehead atoms. The van der Waals surface area contributed by atoms with E-state index in [1.165, 1.54) is 0 Å². The van der Waals surface area contributed by atoms with E-state index >= 15 is 0 Å². The highest BCUT2D eigenvalue weighted by Gasteiger charge is 2.25. The summed E-state index contributed by atoms with van der Waals surface area (Å²) < 4.78 is 11.4. The summed E-state index contributed by atoms with van der Waals surface area (Å²) in [7, 11) is 0. The van der Waals surface area contributed by atoms with E-state index in [4.69, 9.17) is 9.47 Å². The minimum atomic E-state index is -0.786. The lowest BCUT2D eigenvalue weighted by molar-refractivity contribution is -0.146. The van der Waals surface area contributed by atoms with Crippen LogP contribution in [0.2, 0.25) is 0 Å². The zero-order valence-corrected chi connectivity index (χ0v) is 16.3. The van der Waals surface area contributed by atoms with Gasteiger partial charge in [-0.2, -0.15) is 0 Å². The van der Waals surface area contributed by atoms with Crippen molar-refractivity contribution in [2.24, 2.45) is 0 Å². The number of benzene rings is 1. The van der Waals surface area contributed by atoms with Gasteiger partial charge in [-0.05, 0) is 44.9 Å². The van der Waals surface area contributed by atoms with E-state index in [2.05, 4.69) is 21.2 Å². The molecule has 0 aromatic heterocycles. The van der Waals surface area contributed by atoms with Crippen LogP contribution in [0, 0.1) is 0 Å². The van der Waals surface area contributed by atoms with Crippen LogP contribution in [0.5, 0.6) is 0 Å². The van der Waals surface area contributed by atoms with Gasteiger partial charge in [0.2, 0.25) is 0 Å². The first-order valence-electron chi connectivity index (χ1n) is 8.12. The molecular weight excluding hydrogens is 374 g/mol. The fourth-order valence-corrected chi connectivity index (χ4v) is 2.41. The predicted octanol–water partition coefficient (Wildman–Crippen LogP) is 4.23. The van der Waals surface area contributed by atoms with Crippen molar-refractivity contribution in [3.63, 3.8) is 0 Å². The summed E-state index contributed by atoms with van der Waals surface area (Å²) in [6.07, 6.45) is 1.43. The second kappa shape index (κ2) is 9.67. The summed E-state index contributed by atoms with van der Waals surface area (Å²) in [6, 6.07) is 6.80. The van der Waals surface area contributed by atoms with E-state index < -0.39 is 23.7 Å². The summed E-state index contributed by atoms with van der Waals surface area (Å²) in [5.74, 6) is -0.450. The molecule has 1 atom stereocenters. The molecule has 24 heavy (non-hydrogen) atoms. The van der Waals surface area contributed by atoms with Crippen molar-refractivity contribution >= 4 is 28.0 Å². The Morgan fingerprint density at radius 2 is 2.00 bits per heavy atom. The van der Waals surface area contributed by atoms with E-state index in [1.807, 2.05) is 31.2 Å². The number of ether oxygens (including phenoxy) is 2. The van der Waals surface area contributed by atoms with Gasteiger partial charge in [-0.15, -0.1) is 0 Å². The van der Waals surface area contributed by atoms with Crippen molar-refractivity contribution in [3.8, 4) is 0 Å². The van der Waals surface area contributed by atoms with Crippen LogP contribution in [0.25, 0.3) is 0 Å². The third kappa shape index (κ3) is 8.34. The number of nitrogens with one attached hydrogen (secondary N) is 1. The molecule has 1 aromatic carbocycles. The SMILES string of the molecule is CCCCOC(=O)C(Cc1cccc(Br)c1)NC(=O)OC(C)(C)C. The van der Waals surface area contributed by atoms with Crippen LogP contribution < -0.4 is 5.32 Å². The van der Waals surface area contributed by atoms with Crippen LogP contribution >= 0.6 is 15.9 Å². The third-order valence-corrected chi connectivity index (χ3v) is 3.54. The molecule has 0 radical (unpaired) electrons. The zero-order chi connectivity index (χ0) is 18.2. The average Bonchev–Trinajstić information content (AvgIpc) is 2.44. The number of esters is 1. The number of halogens is 1. The number of hydrogen-bond donors (Lipinski definition) is 1. The average molecular weight is 400 g/mol. The maximum Gasteiger partial charge on any atom is 0.408 e. The predicted molar refractivity (Wildman–Crippen MR) is 96.9 cm³/mol. The van der Waals surface area contributed by atoms with Gasteiger partial charge in [0.1, 0.15) is 11.6 Å². The van der Waals surface area contributed by atoms with Crippen LogP contribution in [-0.4, -0.2) is 30.3 Å². The number of amides is 1. The van der Waals surface area contributed by atoms with Gasteiger partial charge in [0.15, 0.2) is 0 Å². The summed E-state index contributed by atoms with van der Waals surface area (Å²) in [6.45, 7) is 7.69. The zero-order valence-electron chi connectivity index (χ0n) is 14.7. The standard InChI is InChI=1S/C18H26BrNO4/c1-5-6-10-23-16(21)15(20-17(22)24-18(2,3)4)12-13-8-7-9-14(19)11-13/h7-9,11,15H,5-6,10,12H2,1-4H3,(H,20,22). The fraction of sp³-hybridized carbons (Fsp3) is 0.556. The first-order valence-corrected chi connectivity index (χ1v) is 8.91. The van der Waals surface area contributed by atoms with Gasteiger partial charge < -0.3 is 14.8 Å². The minimum Gasteiger partial charge on any atom is -0.464 e. The van der Waals surface area contributed by atoms with E-state index in [0.717, 1.165) is 22.9 Å². The monoisotopic (exact) mass is 399 g/mol. The molecule has 1 unspecified atom stereocenters. The second-order valence-electron chi connectivity index (χ2n) is 6.55. The highest BCUT2D eigenvalue weighted by atomic mass is 79.9. The quantitative estimate of drug-likeness (QED) is 0.550. The Morgan fingerprint density at radius 1 is 1.29 bits per heavy atom. The Hall–Kier alpha value is -1.56. The largest absolute Gasteiger partial charge is 0.464 e. The van der Waals surface area contributed by atoms with Crippen LogP contribution in [0.4, 0.5) is 4.79 Å². The van der Waals surface area contributed by atoms with Gasteiger partial charge in [0, 0.05) is 10.9 Å². The van der Waals surface area contributed by atoms with Crippen LogP contribution in [0.1, 0.15) is 46.1 Å². The van der Waals surface area contributed by atoms with Crippen molar-refractivity contribution in [2.75, 3.05) is 6.61 Å². The lowest BCUT2D eigenvalue weighted by Gasteiger charge is -2.23. The van der Waals surface area contributed by atoms with Crippen LogP contribution in [-0.2, 0) is 20.7 Å². The molecule has 5 nitrogen and oxygen atoms in total. The Balaban J connectivity index is 2.78. The lowest BCUT2D eigenvalue weighted by Crippen LogP contribution is -2.45. The Bertz CT molecular complexity index is 554. The molecule has 0 heterocycles. The first kappa shape index (κ1) is 20.5. The smallest absolute Gasteiger partial charge is 0.408 e. The van der Waals surface area contributed by atoms with E-state index in [1.54, 1.807) is 20.8 Å². The number of carbonyl (C=O) groups is 2. The van der Waals surface area contributed by atoms with Gasteiger partial charge in [-0.1, -0.05) is 41.4 Å². The third-order valence-electron chi connectivity index (χ3n) is 3.05. The Kier molecular flexibility index (Phi) is 8.25. The number of unbranched alkanes of at least 4 members (excludes halogenated alkanes) is 1. The molecule has 0 saturated carbocycles. The molecule has 1 rings (SSSR count). The Labute approximate surface area is 152 Å². The summed E-state index contributed by atoms with van der Waals surface area (Å²) >= 11 is 3.40. The van der Waals surface area contributed by atoms with Crippen molar-refractivity contribution in [2.45, 2.75) is 58.6 Å². The van der Waals surface area contributed by atoms with Crippen molar-refractivity contribution in [1.82, 2.24) is 5.32 Å². The van der Waals surface area contributed by atoms with E-state index in [-0.39, 0.29) is 0 Å². The maximum absolute atomic E-state index is 12.3. The highest BCUT2D eigenvalue weighted by molar-refractivity contribution is 9.10. The molecular formula is C18H26BrNO4. The maximum atomic E-state index is 12.3. The summed E-state index contributed by atoms with van der Waals surface area (Å²) in [4.78, 5) is 24.3. The molecule has 0 aliphatic rings. The molecule has 1 aromatic rings. The highest BCUT2D eigenvalue weighted by Crippen LogP contribution is 2.14. The Morgan fingerprint density at radius 3 is 2.58 bits per heavy atom. The molecule has 0 aliphatic carbocycles. The van der Waals surface area contributed by atoms with Gasteiger partial charge in [0.05, 0.1) is 6.61 Å². The van der Waals surface area contributed by atoms with E-state index in [0.29, 0.717) is 13.0 Å².